The number of ether oxygens (including phenoxy) is 1. The van der Waals surface area contributed by atoms with E-state index in [0.717, 1.165) is 53.3 Å². The second-order valence-corrected chi connectivity index (χ2v) is 12.1. The van der Waals surface area contributed by atoms with Crippen LogP contribution in [-0.2, 0) is 29.1 Å². The molecule has 1 unspecified atom stereocenters. The fraction of sp³-hybridized carbons (Fsp3) is 0.407. The highest BCUT2D eigenvalue weighted by molar-refractivity contribution is 9.10. The van der Waals surface area contributed by atoms with Crippen LogP contribution in [0.4, 0.5) is 11.9 Å². The van der Waals surface area contributed by atoms with E-state index in [1.54, 1.807) is 10.9 Å². The first-order chi connectivity index (χ1) is 18.7. The number of carbonyl (C=O) groups is 1. The standard InChI is InChI=1S/C27H30BrN9O2/c1-27(2,3)24(38)39-15-37-14-23(34-35-37)19-12-36(13-19)26-31-11-22(33-26)18-9-29-25(30-10-18)32-21-7-16-4-5-20(28)6-17(16)8-21/h4-6,9-11,14,19,21H,7-8,12-13,15H2,1-3H3,(H,31,33)(H,29,30,32). The minimum Gasteiger partial charge on any atom is -0.442 e. The van der Waals surface area contributed by atoms with Gasteiger partial charge in [-0.1, -0.05) is 27.2 Å². The lowest BCUT2D eigenvalue weighted by atomic mass is 9.97. The molecule has 39 heavy (non-hydrogen) atoms. The highest BCUT2D eigenvalue weighted by Crippen LogP contribution is 2.31. The Bertz CT molecular complexity index is 1490. The second-order valence-electron chi connectivity index (χ2n) is 11.2. The molecule has 0 saturated carbocycles. The maximum absolute atomic E-state index is 12.0. The molecule has 0 bridgehead atoms. The summed E-state index contributed by atoms with van der Waals surface area (Å²) in [5.74, 6) is 1.39. The van der Waals surface area contributed by atoms with E-state index in [4.69, 9.17) is 4.74 Å². The number of H-pyrrole nitrogens is 1. The first-order valence-corrected chi connectivity index (χ1v) is 13.7. The maximum atomic E-state index is 12.0. The zero-order valence-electron chi connectivity index (χ0n) is 22.1. The van der Waals surface area contributed by atoms with Crippen molar-refractivity contribution in [2.45, 2.75) is 52.3 Å². The third-order valence-corrected chi connectivity index (χ3v) is 7.55. The van der Waals surface area contributed by atoms with Crippen LogP contribution < -0.4 is 10.2 Å². The quantitative estimate of drug-likeness (QED) is 0.307. The van der Waals surface area contributed by atoms with Crippen LogP contribution in [0.1, 0.15) is 43.5 Å². The lowest BCUT2D eigenvalue weighted by Gasteiger charge is -2.37. The number of carbonyl (C=O) groups excluding carboxylic acids is 1. The van der Waals surface area contributed by atoms with Crippen LogP contribution in [0.25, 0.3) is 11.3 Å². The van der Waals surface area contributed by atoms with Crippen LogP contribution in [0.2, 0.25) is 0 Å². The molecule has 1 atom stereocenters. The number of benzene rings is 1. The van der Waals surface area contributed by atoms with E-state index >= 15 is 0 Å². The Morgan fingerprint density at radius 1 is 1.13 bits per heavy atom. The number of aromatic nitrogens is 7. The van der Waals surface area contributed by atoms with Crippen molar-refractivity contribution in [2.24, 2.45) is 5.41 Å². The molecule has 11 nitrogen and oxygen atoms in total. The van der Waals surface area contributed by atoms with E-state index in [0.29, 0.717) is 12.0 Å². The summed E-state index contributed by atoms with van der Waals surface area (Å²) in [5, 5.41) is 11.8. The summed E-state index contributed by atoms with van der Waals surface area (Å²) in [6.45, 7) is 7.06. The van der Waals surface area contributed by atoms with Crippen molar-refractivity contribution in [3.63, 3.8) is 0 Å². The van der Waals surface area contributed by atoms with Crippen molar-refractivity contribution in [2.75, 3.05) is 23.3 Å². The first kappa shape index (κ1) is 25.5. The number of hydrogen-bond donors (Lipinski definition) is 2. The van der Waals surface area contributed by atoms with Gasteiger partial charge < -0.3 is 19.9 Å². The Labute approximate surface area is 234 Å². The van der Waals surface area contributed by atoms with Crippen molar-refractivity contribution in [1.82, 2.24) is 34.9 Å². The summed E-state index contributed by atoms with van der Waals surface area (Å²) in [6, 6.07) is 6.75. The number of aromatic amines is 1. The summed E-state index contributed by atoms with van der Waals surface area (Å²) < 4.78 is 7.97. The number of hydrogen-bond acceptors (Lipinski definition) is 9. The molecule has 1 aliphatic carbocycles. The lowest BCUT2D eigenvalue weighted by Crippen LogP contribution is -2.45. The fourth-order valence-electron chi connectivity index (χ4n) is 4.77. The van der Waals surface area contributed by atoms with Crippen molar-refractivity contribution in [3.05, 3.63) is 64.3 Å². The molecule has 0 radical (unpaired) electrons. The topological polar surface area (TPSA) is 127 Å². The average Bonchev–Trinajstić information content (AvgIpc) is 3.61. The SMILES string of the molecule is CC(C)(C)C(=O)OCn1cc(C2CN(c3ncc(-c4cnc(NC5Cc6ccc(Br)cc6C5)nc4)[nH]3)C2)nn1. The number of imidazole rings is 1. The fourth-order valence-corrected chi connectivity index (χ4v) is 5.18. The van der Waals surface area contributed by atoms with Crippen LogP contribution >= 0.6 is 15.9 Å². The van der Waals surface area contributed by atoms with Crippen LogP contribution in [-0.4, -0.2) is 60.0 Å². The Hall–Kier alpha value is -3.80. The first-order valence-electron chi connectivity index (χ1n) is 12.9. The molecule has 4 aromatic rings. The summed E-state index contributed by atoms with van der Waals surface area (Å²) in [7, 11) is 0. The largest absolute Gasteiger partial charge is 0.442 e. The molecule has 2 aliphatic rings. The average molecular weight is 593 g/mol. The molecule has 3 aromatic heterocycles. The van der Waals surface area contributed by atoms with Crippen molar-refractivity contribution < 1.29 is 9.53 Å². The number of anilines is 2. The molecule has 12 heteroatoms. The minimum atomic E-state index is -0.550. The third kappa shape index (κ3) is 5.51. The van der Waals surface area contributed by atoms with Crippen molar-refractivity contribution in [3.8, 4) is 11.3 Å². The Balaban J connectivity index is 1.01. The van der Waals surface area contributed by atoms with Crippen molar-refractivity contribution in [1.29, 1.82) is 0 Å². The van der Waals surface area contributed by atoms with Gasteiger partial charge >= 0.3 is 5.97 Å². The number of fused-ring (bicyclic) bond motifs is 1. The molecular weight excluding hydrogens is 562 g/mol. The number of rotatable bonds is 7. The van der Waals surface area contributed by atoms with Gasteiger partial charge in [-0.2, -0.15) is 0 Å². The monoisotopic (exact) mass is 591 g/mol. The number of esters is 1. The van der Waals surface area contributed by atoms with E-state index in [1.807, 2.05) is 39.4 Å². The number of nitrogens with one attached hydrogen (secondary N) is 2. The summed E-state index contributed by atoms with van der Waals surface area (Å²) in [5.41, 5.74) is 4.80. The number of halogens is 1. The third-order valence-electron chi connectivity index (χ3n) is 7.06. The molecule has 1 aliphatic heterocycles. The zero-order valence-corrected chi connectivity index (χ0v) is 23.6. The maximum Gasteiger partial charge on any atom is 0.313 e. The molecular formula is C27H30BrN9O2. The van der Waals surface area contributed by atoms with E-state index in [1.165, 1.54) is 11.1 Å². The predicted octanol–water partition coefficient (Wildman–Crippen LogP) is 3.95. The van der Waals surface area contributed by atoms with Gasteiger partial charge in [-0.05, 0) is 56.9 Å². The molecule has 1 aromatic carbocycles. The van der Waals surface area contributed by atoms with Gasteiger partial charge in [0.2, 0.25) is 11.9 Å². The molecule has 2 N–H and O–H groups in total. The molecule has 1 saturated heterocycles. The lowest BCUT2D eigenvalue weighted by molar-refractivity contribution is -0.157. The highest BCUT2D eigenvalue weighted by Gasteiger charge is 2.32. The van der Waals surface area contributed by atoms with E-state index in [9.17, 15) is 4.79 Å². The van der Waals surface area contributed by atoms with Gasteiger partial charge in [0.15, 0.2) is 6.73 Å². The predicted molar refractivity (Wildman–Crippen MR) is 149 cm³/mol. The zero-order chi connectivity index (χ0) is 27.1. The Kier molecular flexibility index (Phi) is 6.57. The van der Waals surface area contributed by atoms with Gasteiger partial charge in [-0.15, -0.1) is 5.10 Å². The summed E-state index contributed by atoms with van der Waals surface area (Å²) >= 11 is 3.55. The van der Waals surface area contributed by atoms with Gasteiger partial charge in [-0.25, -0.2) is 19.6 Å². The summed E-state index contributed by atoms with van der Waals surface area (Å²) in [6.07, 6.45) is 9.20. The molecule has 4 heterocycles. The van der Waals surface area contributed by atoms with Crippen LogP contribution in [0.15, 0.2) is 47.5 Å². The van der Waals surface area contributed by atoms with Gasteiger partial charge in [-0.3, -0.25) is 4.79 Å². The van der Waals surface area contributed by atoms with Crippen LogP contribution in [0, 0.1) is 5.41 Å². The summed E-state index contributed by atoms with van der Waals surface area (Å²) in [4.78, 5) is 31.1. The minimum absolute atomic E-state index is 0.0593. The van der Waals surface area contributed by atoms with Crippen molar-refractivity contribution >= 4 is 33.8 Å². The van der Waals surface area contributed by atoms with Gasteiger partial charge in [0, 0.05) is 47.5 Å². The van der Waals surface area contributed by atoms with Gasteiger partial charge in [0.25, 0.3) is 0 Å². The van der Waals surface area contributed by atoms with Gasteiger partial charge in [0.1, 0.15) is 0 Å². The normalized spacial score (nSPS) is 17.1. The highest BCUT2D eigenvalue weighted by atomic mass is 79.9. The van der Waals surface area contributed by atoms with Gasteiger partial charge in [0.05, 0.1) is 29.2 Å². The Morgan fingerprint density at radius 3 is 2.67 bits per heavy atom. The Morgan fingerprint density at radius 2 is 1.90 bits per heavy atom. The smallest absolute Gasteiger partial charge is 0.313 e. The second kappa shape index (κ2) is 10.1. The van der Waals surface area contributed by atoms with E-state index in [-0.39, 0.29) is 18.6 Å². The molecule has 0 spiro atoms. The van der Waals surface area contributed by atoms with Crippen LogP contribution in [0.5, 0.6) is 0 Å². The molecule has 6 rings (SSSR count). The molecule has 0 amide bonds. The molecule has 202 valence electrons. The van der Waals surface area contributed by atoms with Crippen LogP contribution in [0.3, 0.4) is 0 Å². The number of nitrogens with zero attached hydrogens (tertiary/aromatic N) is 7. The van der Waals surface area contributed by atoms with E-state index in [2.05, 4.69) is 74.6 Å². The van der Waals surface area contributed by atoms with E-state index < -0.39 is 5.41 Å². The molecule has 1 fully saturated rings.